The van der Waals surface area contributed by atoms with Crippen molar-refractivity contribution in [3.05, 3.63) is 70.2 Å². The fourth-order valence-electron chi connectivity index (χ4n) is 2.97. The maximum atomic E-state index is 12.4. The molecule has 1 aliphatic heterocycles. The molecule has 2 amide bonds. The number of nitrogens with zero attached hydrogens (tertiary/aromatic N) is 1. The molecule has 25 heavy (non-hydrogen) atoms. The topological polar surface area (TPSA) is 49.4 Å². The second-order valence-electron chi connectivity index (χ2n) is 6.47. The normalized spacial score (nSPS) is 17.0. The van der Waals surface area contributed by atoms with Crippen molar-refractivity contribution in [1.82, 2.24) is 10.2 Å². The highest BCUT2D eigenvalue weighted by Crippen LogP contribution is 2.23. The lowest BCUT2D eigenvalue weighted by molar-refractivity contribution is -0.129. The van der Waals surface area contributed by atoms with Crippen LogP contribution in [0.15, 0.2) is 48.5 Å². The molecule has 1 saturated heterocycles. The monoisotopic (exact) mass is 356 g/mol. The zero-order valence-corrected chi connectivity index (χ0v) is 14.9. The smallest absolute Gasteiger partial charge is 0.225 e. The number of amides is 2. The molecule has 2 aromatic carbocycles. The Balaban J connectivity index is 1.55. The number of rotatable bonds is 5. The van der Waals surface area contributed by atoms with Crippen LogP contribution < -0.4 is 5.32 Å². The third-order valence-corrected chi connectivity index (χ3v) is 4.86. The van der Waals surface area contributed by atoms with E-state index < -0.39 is 0 Å². The lowest BCUT2D eigenvalue weighted by atomic mass is 10.1. The quantitative estimate of drug-likeness (QED) is 0.893. The van der Waals surface area contributed by atoms with Crippen LogP contribution in [-0.2, 0) is 22.7 Å². The van der Waals surface area contributed by atoms with E-state index in [1.54, 1.807) is 4.90 Å². The first-order chi connectivity index (χ1) is 12.0. The van der Waals surface area contributed by atoms with Gasteiger partial charge in [-0.05, 0) is 24.1 Å². The minimum absolute atomic E-state index is 0.00425. The molecule has 0 aromatic heterocycles. The van der Waals surface area contributed by atoms with Gasteiger partial charge in [0.15, 0.2) is 0 Å². The van der Waals surface area contributed by atoms with E-state index in [-0.39, 0.29) is 24.2 Å². The van der Waals surface area contributed by atoms with Crippen LogP contribution in [0.5, 0.6) is 0 Å². The van der Waals surface area contributed by atoms with Gasteiger partial charge in [0.1, 0.15) is 0 Å². The molecule has 1 atom stereocenters. The standard InChI is InChI=1S/C20H21ClN2O2/c1-14-6-8-15(9-7-14)11-22-20(25)17-10-19(24)23(13-17)12-16-4-2-3-5-18(16)21/h2-9,17H,10-13H2,1H3,(H,22,25)/t17-/m0/s1. The van der Waals surface area contributed by atoms with Crippen molar-refractivity contribution in [2.24, 2.45) is 5.92 Å². The minimum Gasteiger partial charge on any atom is -0.352 e. The molecular formula is C20H21ClN2O2. The average Bonchev–Trinajstić information content (AvgIpc) is 2.97. The highest BCUT2D eigenvalue weighted by atomic mass is 35.5. The Morgan fingerprint density at radius 1 is 1.20 bits per heavy atom. The molecule has 3 rings (SSSR count). The summed E-state index contributed by atoms with van der Waals surface area (Å²) in [7, 11) is 0. The van der Waals surface area contributed by atoms with Gasteiger partial charge in [0.05, 0.1) is 5.92 Å². The fraction of sp³-hybridized carbons (Fsp3) is 0.300. The molecule has 0 spiro atoms. The van der Waals surface area contributed by atoms with Gasteiger partial charge in [0.2, 0.25) is 11.8 Å². The molecule has 1 heterocycles. The van der Waals surface area contributed by atoms with Gasteiger partial charge in [-0.25, -0.2) is 0 Å². The zero-order chi connectivity index (χ0) is 17.8. The van der Waals surface area contributed by atoms with Crippen molar-refractivity contribution in [2.75, 3.05) is 6.54 Å². The number of nitrogens with one attached hydrogen (secondary N) is 1. The summed E-state index contributed by atoms with van der Waals surface area (Å²) >= 11 is 6.16. The van der Waals surface area contributed by atoms with Gasteiger partial charge in [-0.2, -0.15) is 0 Å². The summed E-state index contributed by atoms with van der Waals surface area (Å²) in [4.78, 5) is 26.3. The van der Waals surface area contributed by atoms with Crippen LogP contribution >= 0.6 is 11.6 Å². The summed E-state index contributed by atoms with van der Waals surface area (Å²) in [5.74, 6) is -0.383. The number of hydrogen-bond acceptors (Lipinski definition) is 2. The fourth-order valence-corrected chi connectivity index (χ4v) is 3.17. The van der Waals surface area contributed by atoms with E-state index in [1.165, 1.54) is 5.56 Å². The van der Waals surface area contributed by atoms with Gasteiger partial charge in [0.25, 0.3) is 0 Å². The Labute approximate surface area is 152 Å². The summed E-state index contributed by atoms with van der Waals surface area (Å²) in [6.45, 7) is 3.39. The van der Waals surface area contributed by atoms with E-state index in [0.29, 0.717) is 24.7 Å². The highest BCUT2D eigenvalue weighted by Gasteiger charge is 2.34. The molecule has 0 bridgehead atoms. The lowest BCUT2D eigenvalue weighted by Crippen LogP contribution is -2.32. The van der Waals surface area contributed by atoms with E-state index in [2.05, 4.69) is 5.32 Å². The highest BCUT2D eigenvalue weighted by molar-refractivity contribution is 6.31. The number of carbonyl (C=O) groups is 2. The number of aryl methyl sites for hydroxylation is 1. The largest absolute Gasteiger partial charge is 0.352 e. The van der Waals surface area contributed by atoms with E-state index in [1.807, 2.05) is 55.5 Å². The van der Waals surface area contributed by atoms with Crippen LogP contribution in [0.1, 0.15) is 23.1 Å². The number of likely N-dealkylation sites (tertiary alicyclic amines) is 1. The molecule has 0 unspecified atom stereocenters. The molecule has 0 radical (unpaired) electrons. The van der Waals surface area contributed by atoms with Gasteiger partial charge in [-0.15, -0.1) is 0 Å². The third-order valence-electron chi connectivity index (χ3n) is 4.49. The van der Waals surface area contributed by atoms with Crippen LogP contribution in [0.3, 0.4) is 0 Å². The van der Waals surface area contributed by atoms with Crippen molar-refractivity contribution in [2.45, 2.75) is 26.4 Å². The molecule has 1 N–H and O–H groups in total. The molecule has 130 valence electrons. The number of halogens is 1. The summed E-state index contributed by atoms with van der Waals surface area (Å²) in [5.41, 5.74) is 3.14. The third kappa shape index (κ3) is 4.40. The SMILES string of the molecule is Cc1ccc(CNC(=O)[C@H]2CC(=O)N(Cc3ccccc3Cl)C2)cc1. The summed E-state index contributed by atoms with van der Waals surface area (Å²) in [5, 5.41) is 3.57. The molecule has 2 aromatic rings. The molecule has 4 nitrogen and oxygen atoms in total. The molecule has 0 aliphatic carbocycles. The van der Waals surface area contributed by atoms with Crippen molar-refractivity contribution in [3.8, 4) is 0 Å². The van der Waals surface area contributed by atoms with Gasteiger partial charge in [-0.1, -0.05) is 59.6 Å². The first kappa shape index (κ1) is 17.5. The Morgan fingerprint density at radius 3 is 2.64 bits per heavy atom. The molecule has 1 fully saturated rings. The molecule has 5 heteroatoms. The van der Waals surface area contributed by atoms with Gasteiger partial charge in [0, 0.05) is 31.1 Å². The maximum Gasteiger partial charge on any atom is 0.225 e. The number of carbonyl (C=O) groups excluding carboxylic acids is 2. The molecular weight excluding hydrogens is 336 g/mol. The van der Waals surface area contributed by atoms with Crippen molar-refractivity contribution in [3.63, 3.8) is 0 Å². The Hall–Kier alpha value is -2.33. The second-order valence-corrected chi connectivity index (χ2v) is 6.88. The Kier molecular flexibility index (Phi) is 5.39. The Morgan fingerprint density at radius 2 is 1.92 bits per heavy atom. The summed E-state index contributed by atoms with van der Waals surface area (Å²) in [6, 6.07) is 15.5. The van der Waals surface area contributed by atoms with Crippen LogP contribution in [-0.4, -0.2) is 23.3 Å². The lowest BCUT2D eigenvalue weighted by Gasteiger charge is -2.17. The number of hydrogen-bond donors (Lipinski definition) is 1. The summed E-state index contributed by atoms with van der Waals surface area (Å²) < 4.78 is 0. The molecule has 0 saturated carbocycles. The van der Waals surface area contributed by atoms with Crippen LogP contribution in [0.2, 0.25) is 5.02 Å². The minimum atomic E-state index is -0.305. The Bertz CT molecular complexity index is 774. The predicted octanol–water partition coefficient (Wildman–Crippen LogP) is 3.31. The average molecular weight is 357 g/mol. The van der Waals surface area contributed by atoms with Gasteiger partial charge >= 0.3 is 0 Å². The van der Waals surface area contributed by atoms with E-state index >= 15 is 0 Å². The van der Waals surface area contributed by atoms with Crippen molar-refractivity contribution in [1.29, 1.82) is 0 Å². The van der Waals surface area contributed by atoms with Gasteiger partial charge in [-0.3, -0.25) is 9.59 Å². The van der Waals surface area contributed by atoms with E-state index in [0.717, 1.165) is 11.1 Å². The second kappa shape index (κ2) is 7.70. The van der Waals surface area contributed by atoms with Crippen LogP contribution in [0.25, 0.3) is 0 Å². The summed E-state index contributed by atoms with van der Waals surface area (Å²) in [6.07, 6.45) is 0.254. The van der Waals surface area contributed by atoms with Gasteiger partial charge < -0.3 is 10.2 Å². The zero-order valence-electron chi connectivity index (χ0n) is 14.2. The van der Waals surface area contributed by atoms with Crippen LogP contribution in [0.4, 0.5) is 0 Å². The predicted molar refractivity (Wildman–Crippen MR) is 98.0 cm³/mol. The van der Waals surface area contributed by atoms with Crippen LogP contribution in [0, 0.1) is 12.8 Å². The maximum absolute atomic E-state index is 12.4. The van der Waals surface area contributed by atoms with E-state index in [4.69, 9.17) is 11.6 Å². The molecule has 1 aliphatic rings. The van der Waals surface area contributed by atoms with Crippen molar-refractivity contribution >= 4 is 23.4 Å². The first-order valence-corrected chi connectivity index (χ1v) is 8.75. The first-order valence-electron chi connectivity index (χ1n) is 8.37. The number of benzene rings is 2. The van der Waals surface area contributed by atoms with Crippen molar-refractivity contribution < 1.29 is 9.59 Å². The van der Waals surface area contributed by atoms with E-state index in [9.17, 15) is 9.59 Å².